The van der Waals surface area contributed by atoms with E-state index in [1.54, 1.807) is 48.3 Å². The number of nitrogen functional groups attached to an aromatic ring is 1. The Morgan fingerprint density at radius 2 is 2.13 bits per heavy atom. The lowest BCUT2D eigenvalue weighted by atomic mass is 10.2. The van der Waals surface area contributed by atoms with Crippen LogP contribution < -0.4 is 15.8 Å². The summed E-state index contributed by atoms with van der Waals surface area (Å²) in [5.74, 6) is 1.27. The molecule has 0 saturated heterocycles. The van der Waals surface area contributed by atoms with Crippen LogP contribution in [0.1, 0.15) is 10.4 Å². The summed E-state index contributed by atoms with van der Waals surface area (Å²) >= 11 is 0. The van der Waals surface area contributed by atoms with E-state index in [-0.39, 0.29) is 5.91 Å². The number of rotatable bonds is 4. The van der Waals surface area contributed by atoms with E-state index in [0.29, 0.717) is 28.8 Å². The number of ether oxygens (including phenoxy) is 1. The average Bonchev–Trinajstić information content (AvgIpc) is 2.95. The highest BCUT2D eigenvalue weighted by atomic mass is 16.5. The van der Waals surface area contributed by atoms with Crippen molar-refractivity contribution in [3.8, 4) is 11.6 Å². The smallest absolute Gasteiger partial charge is 0.256 e. The molecule has 23 heavy (non-hydrogen) atoms. The molecule has 0 aliphatic rings. The Morgan fingerprint density at radius 1 is 1.26 bits per heavy atom. The molecule has 116 valence electrons. The summed E-state index contributed by atoms with van der Waals surface area (Å²) in [6.07, 6.45) is 4.55. The normalized spacial score (nSPS) is 10.3. The van der Waals surface area contributed by atoms with Crippen LogP contribution in [-0.4, -0.2) is 25.7 Å². The highest BCUT2D eigenvalue weighted by Gasteiger charge is 2.09. The molecule has 0 fully saturated rings. The molecule has 0 atom stereocenters. The van der Waals surface area contributed by atoms with Crippen molar-refractivity contribution in [2.45, 2.75) is 0 Å². The third-order valence-electron chi connectivity index (χ3n) is 2.92. The second-order valence-corrected chi connectivity index (χ2v) is 4.74. The van der Waals surface area contributed by atoms with Gasteiger partial charge < -0.3 is 15.8 Å². The number of carbonyl (C=O) groups is 1. The van der Waals surface area contributed by atoms with E-state index in [1.807, 2.05) is 0 Å². The SMILES string of the molecule is Cn1ccc(NC(=O)c2cccc(Oc3cnc(N)cn3)c2)n1. The first-order chi connectivity index (χ1) is 11.1. The summed E-state index contributed by atoms with van der Waals surface area (Å²) in [6.45, 7) is 0. The maximum atomic E-state index is 12.2. The highest BCUT2D eigenvalue weighted by molar-refractivity contribution is 6.03. The van der Waals surface area contributed by atoms with Gasteiger partial charge in [-0.05, 0) is 18.2 Å². The van der Waals surface area contributed by atoms with Gasteiger partial charge in [0.05, 0.1) is 12.4 Å². The molecular weight excluding hydrogens is 296 g/mol. The number of aromatic nitrogens is 4. The molecule has 1 amide bonds. The molecule has 0 aliphatic heterocycles. The number of nitrogens with zero attached hydrogens (tertiary/aromatic N) is 4. The molecule has 3 aromatic rings. The van der Waals surface area contributed by atoms with E-state index < -0.39 is 0 Å². The van der Waals surface area contributed by atoms with Gasteiger partial charge in [0.15, 0.2) is 5.82 Å². The van der Waals surface area contributed by atoms with Gasteiger partial charge in [0.25, 0.3) is 5.91 Å². The number of amides is 1. The molecule has 0 bridgehead atoms. The summed E-state index contributed by atoms with van der Waals surface area (Å²) < 4.78 is 7.16. The van der Waals surface area contributed by atoms with E-state index >= 15 is 0 Å². The molecule has 1 aromatic carbocycles. The first-order valence-corrected chi connectivity index (χ1v) is 6.76. The minimum Gasteiger partial charge on any atom is -0.437 e. The van der Waals surface area contributed by atoms with Crippen molar-refractivity contribution in [2.75, 3.05) is 11.1 Å². The van der Waals surface area contributed by atoms with E-state index in [0.717, 1.165) is 0 Å². The number of nitrogens with one attached hydrogen (secondary N) is 1. The molecule has 2 heterocycles. The number of benzene rings is 1. The minimum absolute atomic E-state index is 0.280. The Hall–Kier alpha value is -3.42. The topological polar surface area (TPSA) is 108 Å². The van der Waals surface area contributed by atoms with Crippen molar-refractivity contribution < 1.29 is 9.53 Å². The van der Waals surface area contributed by atoms with Gasteiger partial charge in [-0.3, -0.25) is 9.48 Å². The number of carbonyl (C=O) groups excluding carboxylic acids is 1. The maximum Gasteiger partial charge on any atom is 0.256 e. The van der Waals surface area contributed by atoms with Crippen molar-refractivity contribution in [1.29, 1.82) is 0 Å². The fraction of sp³-hybridized carbons (Fsp3) is 0.0667. The molecular formula is C15H14N6O2. The van der Waals surface area contributed by atoms with Crippen LogP contribution in [0.15, 0.2) is 48.9 Å². The third kappa shape index (κ3) is 3.62. The van der Waals surface area contributed by atoms with Gasteiger partial charge >= 0.3 is 0 Å². The second kappa shape index (κ2) is 6.14. The molecule has 0 radical (unpaired) electrons. The van der Waals surface area contributed by atoms with Crippen molar-refractivity contribution in [1.82, 2.24) is 19.7 Å². The van der Waals surface area contributed by atoms with E-state index in [2.05, 4.69) is 20.4 Å². The van der Waals surface area contributed by atoms with E-state index in [9.17, 15) is 4.79 Å². The minimum atomic E-state index is -0.280. The summed E-state index contributed by atoms with van der Waals surface area (Å²) in [6, 6.07) is 8.43. The molecule has 0 spiro atoms. The van der Waals surface area contributed by atoms with Crippen LogP contribution in [0.2, 0.25) is 0 Å². The van der Waals surface area contributed by atoms with Gasteiger partial charge in [-0.25, -0.2) is 9.97 Å². The molecule has 3 rings (SSSR count). The van der Waals surface area contributed by atoms with Gasteiger partial charge in [0.1, 0.15) is 11.6 Å². The zero-order chi connectivity index (χ0) is 16.2. The molecule has 8 heteroatoms. The number of aryl methyl sites for hydroxylation is 1. The summed E-state index contributed by atoms with van der Waals surface area (Å²) in [7, 11) is 1.78. The number of nitrogens with two attached hydrogens (primary N) is 1. The number of hydrogen-bond acceptors (Lipinski definition) is 6. The third-order valence-corrected chi connectivity index (χ3v) is 2.92. The standard InChI is InChI=1S/C15H14N6O2/c1-21-6-5-13(20-21)19-15(22)10-3-2-4-11(7-10)23-14-9-17-12(16)8-18-14/h2-9H,1H3,(H2,16,17)(H,19,20,22). The van der Waals surface area contributed by atoms with Crippen LogP contribution in [0.4, 0.5) is 11.6 Å². The monoisotopic (exact) mass is 310 g/mol. The predicted molar refractivity (Wildman–Crippen MR) is 84.1 cm³/mol. The van der Waals surface area contributed by atoms with Crippen LogP contribution in [0.25, 0.3) is 0 Å². The lowest BCUT2D eigenvalue weighted by Crippen LogP contribution is -2.12. The number of anilines is 2. The van der Waals surface area contributed by atoms with Gasteiger partial charge in [-0.2, -0.15) is 5.10 Å². The van der Waals surface area contributed by atoms with Crippen LogP contribution >= 0.6 is 0 Å². The van der Waals surface area contributed by atoms with Crippen molar-refractivity contribution in [3.05, 3.63) is 54.5 Å². The lowest BCUT2D eigenvalue weighted by molar-refractivity contribution is 0.102. The summed E-state index contributed by atoms with van der Waals surface area (Å²) in [4.78, 5) is 20.1. The second-order valence-electron chi connectivity index (χ2n) is 4.74. The highest BCUT2D eigenvalue weighted by Crippen LogP contribution is 2.20. The Labute approximate surface area is 131 Å². The van der Waals surface area contributed by atoms with Crippen LogP contribution in [0, 0.1) is 0 Å². The molecule has 8 nitrogen and oxygen atoms in total. The molecule has 3 N–H and O–H groups in total. The summed E-state index contributed by atoms with van der Waals surface area (Å²) in [5, 5.41) is 6.80. The molecule has 0 unspecified atom stereocenters. The Morgan fingerprint density at radius 3 is 2.83 bits per heavy atom. The molecule has 0 aliphatic carbocycles. The zero-order valence-electron chi connectivity index (χ0n) is 12.3. The van der Waals surface area contributed by atoms with Gasteiger partial charge in [0, 0.05) is 24.9 Å². The van der Waals surface area contributed by atoms with E-state index in [4.69, 9.17) is 10.5 Å². The van der Waals surface area contributed by atoms with Crippen molar-refractivity contribution in [2.24, 2.45) is 7.05 Å². The van der Waals surface area contributed by atoms with E-state index in [1.165, 1.54) is 12.4 Å². The quantitative estimate of drug-likeness (QED) is 0.761. The first kappa shape index (κ1) is 14.5. The Bertz CT molecular complexity index is 828. The van der Waals surface area contributed by atoms with Gasteiger partial charge in [-0.15, -0.1) is 0 Å². The van der Waals surface area contributed by atoms with Crippen LogP contribution in [-0.2, 0) is 7.05 Å². The lowest BCUT2D eigenvalue weighted by Gasteiger charge is -2.06. The summed E-state index contributed by atoms with van der Waals surface area (Å²) in [5.41, 5.74) is 5.91. The van der Waals surface area contributed by atoms with Gasteiger partial charge in [0.2, 0.25) is 5.88 Å². The Balaban J connectivity index is 1.73. The average molecular weight is 310 g/mol. The molecule has 0 saturated carbocycles. The predicted octanol–water partition coefficient (Wildman–Crippen LogP) is 1.84. The van der Waals surface area contributed by atoms with Crippen molar-refractivity contribution in [3.63, 3.8) is 0 Å². The fourth-order valence-electron chi connectivity index (χ4n) is 1.87. The Kier molecular flexibility index (Phi) is 3.88. The first-order valence-electron chi connectivity index (χ1n) is 6.76. The maximum absolute atomic E-state index is 12.2. The zero-order valence-corrected chi connectivity index (χ0v) is 12.3. The number of hydrogen-bond donors (Lipinski definition) is 2. The molecule has 2 aromatic heterocycles. The van der Waals surface area contributed by atoms with Gasteiger partial charge in [-0.1, -0.05) is 6.07 Å². The fourth-order valence-corrected chi connectivity index (χ4v) is 1.87. The van der Waals surface area contributed by atoms with Crippen LogP contribution in [0.3, 0.4) is 0 Å². The largest absolute Gasteiger partial charge is 0.437 e. The van der Waals surface area contributed by atoms with Crippen molar-refractivity contribution >= 4 is 17.5 Å². The van der Waals surface area contributed by atoms with Crippen LogP contribution in [0.5, 0.6) is 11.6 Å².